The first-order valence-corrected chi connectivity index (χ1v) is 7.85. The molecule has 0 aromatic heterocycles. The van der Waals surface area contributed by atoms with E-state index in [1.807, 2.05) is 0 Å². The maximum Gasteiger partial charge on any atom is 0.240 e. The molecular formula is C13H20N2O5S. The van der Waals surface area contributed by atoms with Gasteiger partial charge in [-0.2, -0.15) is 0 Å². The highest BCUT2D eigenvalue weighted by Crippen LogP contribution is 2.29. The van der Waals surface area contributed by atoms with Gasteiger partial charge < -0.3 is 14.8 Å². The standard InChI is InChI=1S/C13H20N2O5S/c1-10(16)14-7-4-8-15-21(17,18)11-5-6-12(19-2)13(9-11)20-3/h5-6,9,15H,4,7-8H2,1-3H3,(H,14,16). The molecule has 0 radical (unpaired) electrons. The Morgan fingerprint density at radius 2 is 1.81 bits per heavy atom. The van der Waals surface area contributed by atoms with E-state index < -0.39 is 10.0 Å². The van der Waals surface area contributed by atoms with Gasteiger partial charge in [0.1, 0.15) is 0 Å². The summed E-state index contributed by atoms with van der Waals surface area (Å²) in [4.78, 5) is 10.8. The molecule has 2 N–H and O–H groups in total. The van der Waals surface area contributed by atoms with E-state index in [0.717, 1.165) is 0 Å². The summed E-state index contributed by atoms with van der Waals surface area (Å²) in [5.74, 6) is 0.665. The fraction of sp³-hybridized carbons (Fsp3) is 0.462. The minimum absolute atomic E-state index is 0.0969. The molecule has 8 heteroatoms. The molecule has 0 aliphatic heterocycles. The highest BCUT2D eigenvalue weighted by molar-refractivity contribution is 7.89. The molecular weight excluding hydrogens is 296 g/mol. The van der Waals surface area contributed by atoms with Gasteiger partial charge in [-0.3, -0.25) is 4.79 Å². The first-order chi connectivity index (χ1) is 9.90. The van der Waals surface area contributed by atoms with E-state index in [-0.39, 0.29) is 17.3 Å². The number of nitrogens with one attached hydrogen (secondary N) is 2. The summed E-state index contributed by atoms with van der Waals surface area (Å²) in [6.07, 6.45) is 0.506. The van der Waals surface area contributed by atoms with Crippen molar-refractivity contribution in [1.82, 2.24) is 10.0 Å². The van der Waals surface area contributed by atoms with Gasteiger partial charge in [-0.25, -0.2) is 13.1 Å². The summed E-state index contributed by atoms with van der Waals surface area (Å²) in [6, 6.07) is 4.37. The number of methoxy groups -OCH3 is 2. The average molecular weight is 316 g/mol. The van der Waals surface area contributed by atoms with Crippen molar-refractivity contribution in [3.8, 4) is 11.5 Å². The fourth-order valence-corrected chi connectivity index (χ4v) is 2.72. The van der Waals surface area contributed by atoms with Crippen LogP contribution in [0.1, 0.15) is 13.3 Å². The number of amides is 1. The number of rotatable bonds is 8. The Kier molecular flexibility index (Phi) is 6.44. The normalized spacial score (nSPS) is 11.0. The predicted octanol–water partition coefficient (Wildman–Crippen LogP) is 0.508. The highest BCUT2D eigenvalue weighted by Gasteiger charge is 2.16. The Bertz CT molecular complexity index is 586. The number of carbonyl (C=O) groups is 1. The van der Waals surface area contributed by atoms with Gasteiger partial charge in [-0.05, 0) is 18.6 Å². The van der Waals surface area contributed by atoms with Crippen LogP contribution in [0, 0.1) is 0 Å². The van der Waals surface area contributed by atoms with E-state index in [1.54, 1.807) is 0 Å². The Labute approximate surface area is 124 Å². The van der Waals surface area contributed by atoms with E-state index in [1.165, 1.54) is 39.3 Å². The van der Waals surface area contributed by atoms with Crippen LogP contribution in [-0.4, -0.2) is 41.6 Å². The van der Waals surface area contributed by atoms with Crippen molar-refractivity contribution in [2.75, 3.05) is 27.3 Å². The molecule has 0 aliphatic carbocycles. The lowest BCUT2D eigenvalue weighted by atomic mass is 10.3. The molecule has 7 nitrogen and oxygen atoms in total. The molecule has 0 saturated heterocycles. The monoisotopic (exact) mass is 316 g/mol. The molecule has 1 rings (SSSR count). The Balaban J connectivity index is 2.68. The van der Waals surface area contributed by atoms with Crippen LogP contribution in [0.5, 0.6) is 11.5 Å². The zero-order valence-corrected chi connectivity index (χ0v) is 13.1. The van der Waals surface area contributed by atoms with Crippen LogP contribution >= 0.6 is 0 Å². The van der Waals surface area contributed by atoms with Crippen molar-refractivity contribution >= 4 is 15.9 Å². The third-order valence-corrected chi connectivity index (χ3v) is 4.14. The number of sulfonamides is 1. The molecule has 0 aliphatic rings. The third-order valence-electron chi connectivity index (χ3n) is 2.68. The summed E-state index contributed by atoms with van der Waals surface area (Å²) >= 11 is 0. The van der Waals surface area contributed by atoms with E-state index >= 15 is 0 Å². The Morgan fingerprint density at radius 1 is 1.14 bits per heavy atom. The molecule has 0 unspecified atom stereocenters. The van der Waals surface area contributed by atoms with E-state index in [9.17, 15) is 13.2 Å². The van der Waals surface area contributed by atoms with Crippen molar-refractivity contribution in [1.29, 1.82) is 0 Å². The van der Waals surface area contributed by atoms with E-state index in [0.29, 0.717) is 24.5 Å². The maximum atomic E-state index is 12.1. The van der Waals surface area contributed by atoms with Gasteiger partial charge in [0, 0.05) is 26.1 Å². The van der Waals surface area contributed by atoms with Crippen LogP contribution < -0.4 is 19.5 Å². The van der Waals surface area contributed by atoms with Gasteiger partial charge in [0.15, 0.2) is 11.5 Å². The second kappa shape index (κ2) is 7.84. The van der Waals surface area contributed by atoms with Gasteiger partial charge in [0.2, 0.25) is 15.9 Å². The van der Waals surface area contributed by atoms with Crippen molar-refractivity contribution in [3.05, 3.63) is 18.2 Å². The maximum absolute atomic E-state index is 12.1. The molecule has 0 heterocycles. The van der Waals surface area contributed by atoms with Gasteiger partial charge in [-0.15, -0.1) is 0 Å². The second-order valence-electron chi connectivity index (χ2n) is 4.25. The largest absolute Gasteiger partial charge is 0.493 e. The lowest BCUT2D eigenvalue weighted by Crippen LogP contribution is -2.28. The van der Waals surface area contributed by atoms with Crippen molar-refractivity contribution < 1.29 is 22.7 Å². The topological polar surface area (TPSA) is 93.7 Å². The van der Waals surface area contributed by atoms with Gasteiger partial charge in [-0.1, -0.05) is 0 Å². The average Bonchev–Trinajstić information content (AvgIpc) is 2.45. The lowest BCUT2D eigenvalue weighted by molar-refractivity contribution is -0.118. The fourth-order valence-electron chi connectivity index (χ4n) is 1.63. The Hall–Kier alpha value is -1.80. The molecule has 118 valence electrons. The zero-order valence-electron chi connectivity index (χ0n) is 12.3. The number of carbonyl (C=O) groups excluding carboxylic acids is 1. The highest BCUT2D eigenvalue weighted by atomic mass is 32.2. The quantitative estimate of drug-likeness (QED) is 0.682. The molecule has 0 bridgehead atoms. The van der Waals surface area contributed by atoms with E-state index in [2.05, 4.69) is 10.0 Å². The molecule has 21 heavy (non-hydrogen) atoms. The molecule has 0 fully saturated rings. The smallest absolute Gasteiger partial charge is 0.240 e. The first-order valence-electron chi connectivity index (χ1n) is 6.37. The number of benzene rings is 1. The van der Waals surface area contributed by atoms with Crippen LogP contribution in [0.4, 0.5) is 0 Å². The van der Waals surface area contributed by atoms with Crippen molar-refractivity contribution in [3.63, 3.8) is 0 Å². The van der Waals surface area contributed by atoms with Crippen LogP contribution in [0.25, 0.3) is 0 Å². The van der Waals surface area contributed by atoms with Crippen LogP contribution in [0.2, 0.25) is 0 Å². The van der Waals surface area contributed by atoms with Crippen LogP contribution in [0.3, 0.4) is 0 Å². The summed E-state index contributed by atoms with van der Waals surface area (Å²) < 4.78 is 36.8. The molecule has 0 saturated carbocycles. The summed E-state index contributed by atoms with van der Waals surface area (Å²) in [7, 11) is -0.699. The number of hydrogen-bond acceptors (Lipinski definition) is 5. The van der Waals surface area contributed by atoms with Crippen LogP contribution in [-0.2, 0) is 14.8 Å². The summed E-state index contributed by atoms with van der Waals surface area (Å²) in [5, 5.41) is 2.59. The minimum atomic E-state index is -3.62. The van der Waals surface area contributed by atoms with E-state index in [4.69, 9.17) is 9.47 Å². The van der Waals surface area contributed by atoms with Crippen molar-refractivity contribution in [2.24, 2.45) is 0 Å². The Morgan fingerprint density at radius 3 is 2.38 bits per heavy atom. The van der Waals surface area contributed by atoms with Crippen LogP contribution in [0.15, 0.2) is 23.1 Å². The molecule has 0 spiro atoms. The third kappa shape index (κ3) is 5.24. The molecule has 1 amide bonds. The first kappa shape index (κ1) is 17.3. The SMILES string of the molecule is COc1ccc(S(=O)(=O)NCCCNC(C)=O)cc1OC. The lowest BCUT2D eigenvalue weighted by Gasteiger charge is -2.11. The molecule has 0 atom stereocenters. The minimum Gasteiger partial charge on any atom is -0.493 e. The summed E-state index contributed by atoms with van der Waals surface area (Å²) in [6.45, 7) is 2.06. The molecule has 1 aromatic rings. The van der Waals surface area contributed by atoms with Crippen molar-refractivity contribution in [2.45, 2.75) is 18.2 Å². The van der Waals surface area contributed by atoms with Gasteiger partial charge >= 0.3 is 0 Å². The van der Waals surface area contributed by atoms with Gasteiger partial charge in [0.05, 0.1) is 19.1 Å². The number of hydrogen-bond donors (Lipinski definition) is 2. The second-order valence-corrected chi connectivity index (χ2v) is 6.02. The number of ether oxygens (including phenoxy) is 2. The summed E-state index contributed by atoms with van der Waals surface area (Å²) in [5.41, 5.74) is 0. The molecule has 1 aromatic carbocycles. The zero-order chi connectivity index (χ0) is 15.9. The predicted molar refractivity (Wildman–Crippen MR) is 78.0 cm³/mol. The van der Waals surface area contributed by atoms with Gasteiger partial charge in [0.25, 0.3) is 0 Å².